The second-order valence-electron chi connectivity index (χ2n) is 5.74. The van der Waals surface area contributed by atoms with E-state index in [2.05, 4.69) is 15.3 Å². The summed E-state index contributed by atoms with van der Waals surface area (Å²) in [7, 11) is 1.85. The Labute approximate surface area is 151 Å². The first-order chi connectivity index (χ1) is 12.6. The maximum atomic E-state index is 12.6. The van der Waals surface area contributed by atoms with Gasteiger partial charge in [0.25, 0.3) is 5.91 Å². The van der Waals surface area contributed by atoms with Gasteiger partial charge in [-0.05, 0) is 43.3 Å². The van der Waals surface area contributed by atoms with Gasteiger partial charge in [-0.3, -0.25) is 4.79 Å². The number of aromatic nitrogens is 2. The largest absolute Gasteiger partial charge is 0.321 e. The maximum Gasteiger partial charge on any atom is 0.274 e. The van der Waals surface area contributed by atoms with Gasteiger partial charge in [0.05, 0.1) is 11.6 Å². The molecule has 2 aromatic carbocycles. The fraction of sp³-hybridized carbons (Fsp3) is 0.100. The Balaban J connectivity index is 1.87. The number of nitrogens with one attached hydrogen (secondary N) is 1. The summed E-state index contributed by atoms with van der Waals surface area (Å²) in [5.41, 5.74) is 2.90. The molecule has 6 nitrogen and oxygen atoms in total. The highest BCUT2D eigenvalue weighted by Crippen LogP contribution is 2.20. The molecule has 1 amide bonds. The zero-order valence-electron chi connectivity index (χ0n) is 14.5. The summed E-state index contributed by atoms with van der Waals surface area (Å²) in [5, 5.41) is 11.7. The van der Waals surface area contributed by atoms with Crippen LogP contribution in [-0.2, 0) is 0 Å². The Morgan fingerprint density at radius 1 is 1.08 bits per heavy atom. The van der Waals surface area contributed by atoms with Gasteiger partial charge in [0.15, 0.2) is 0 Å². The molecule has 0 unspecified atom stereocenters. The van der Waals surface area contributed by atoms with Crippen LogP contribution in [0.25, 0.3) is 0 Å². The van der Waals surface area contributed by atoms with Crippen molar-refractivity contribution in [3.05, 3.63) is 77.6 Å². The molecular formula is C20H17N5O. The lowest BCUT2D eigenvalue weighted by molar-refractivity contribution is 0.102. The lowest BCUT2D eigenvalue weighted by Crippen LogP contribution is -2.19. The lowest BCUT2D eigenvalue weighted by atomic mass is 10.2. The van der Waals surface area contributed by atoms with Crippen molar-refractivity contribution in [2.75, 3.05) is 17.3 Å². The van der Waals surface area contributed by atoms with E-state index in [4.69, 9.17) is 5.26 Å². The molecule has 26 heavy (non-hydrogen) atoms. The van der Waals surface area contributed by atoms with E-state index in [1.54, 1.807) is 30.3 Å². The average molecular weight is 343 g/mol. The van der Waals surface area contributed by atoms with E-state index < -0.39 is 0 Å². The molecule has 0 atom stereocenters. The molecule has 3 aromatic rings. The molecule has 1 N–H and O–H groups in total. The van der Waals surface area contributed by atoms with E-state index in [0.29, 0.717) is 22.9 Å². The molecule has 0 spiro atoms. The second-order valence-corrected chi connectivity index (χ2v) is 5.74. The number of carbonyl (C=O) groups is 1. The number of para-hydroxylation sites is 1. The van der Waals surface area contributed by atoms with Gasteiger partial charge in [0.1, 0.15) is 5.69 Å². The first-order valence-electron chi connectivity index (χ1n) is 8.03. The predicted molar refractivity (Wildman–Crippen MR) is 100 cm³/mol. The Morgan fingerprint density at radius 3 is 2.58 bits per heavy atom. The summed E-state index contributed by atoms with van der Waals surface area (Å²) in [6.07, 6.45) is 0. The normalized spacial score (nSPS) is 10.0. The summed E-state index contributed by atoms with van der Waals surface area (Å²) in [4.78, 5) is 23.2. The summed E-state index contributed by atoms with van der Waals surface area (Å²) in [6.45, 7) is 1.82. The van der Waals surface area contributed by atoms with Crippen LogP contribution in [-0.4, -0.2) is 22.9 Å². The lowest BCUT2D eigenvalue weighted by Gasteiger charge is -2.18. The molecule has 0 fully saturated rings. The van der Waals surface area contributed by atoms with E-state index in [9.17, 15) is 4.79 Å². The van der Waals surface area contributed by atoms with E-state index in [0.717, 1.165) is 5.69 Å². The van der Waals surface area contributed by atoms with E-state index in [1.165, 1.54) is 0 Å². The highest BCUT2D eigenvalue weighted by atomic mass is 16.1. The van der Waals surface area contributed by atoms with Crippen LogP contribution in [0.3, 0.4) is 0 Å². The number of anilines is 3. The second kappa shape index (κ2) is 7.45. The van der Waals surface area contributed by atoms with Crippen LogP contribution in [0.15, 0.2) is 60.7 Å². The van der Waals surface area contributed by atoms with Gasteiger partial charge in [-0.25, -0.2) is 9.97 Å². The van der Waals surface area contributed by atoms with Crippen molar-refractivity contribution in [1.82, 2.24) is 9.97 Å². The SMILES string of the molecule is Cc1cc(C(=O)Nc2cccc(C#N)c2)nc(N(C)c2ccccc2)n1. The fourth-order valence-corrected chi connectivity index (χ4v) is 2.45. The van der Waals surface area contributed by atoms with Crippen molar-refractivity contribution in [2.45, 2.75) is 6.92 Å². The van der Waals surface area contributed by atoms with Crippen LogP contribution in [0.2, 0.25) is 0 Å². The van der Waals surface area contributed by atoms with Gasteiger partial charge in [0.2, 0.25) is 5.95 Å². The molecule has 0 bridgehead atoms. The third-order valence-electron chi connectivity index (χ3n) is 3.77. The monoisotopic (exact) mass is 343 g/mol. The number of nitrogens with zero attached hydrogens (tertiary/aromatic N) is 4. The van der Waals surface area contributed by atoms with Crippen LogP contribution in [0, 0.1) is 18.3 Å². The number of hydrogen-bond donors (Lipinski definition) is 1. The standard InChI is InChI=1S/C20H17N5O/c1-14-11-18(19(26)23-16-8-6-7-15(12-16)13-21)24-20(22-14)25(2)17-9-4-3-5-10-17/h3-12H,1-2H3,(H,23,26). The Morgan fingerprint density at radius 2 is 1.85 bits per heavy atom. The van der Waals surface area contributed by atoms with Crippen molar-refractivity contribution >= 4 is 23.2 Å². The van der Waals surface area contributed by atoms with Gasteiger partial charge in [-0.2, -0.15) is 5.26 Å². The zero-order chi connectivity index (χ0) is 18.5. The molecule has 0 radical (unpaired) electrons. The van der Waals surface area contributed by atoms with Crippen LogP contribution >= 0.6 is 0 Å². The predicted octanol–water partition coefficient (Wildman–Crippen LogP) is 3.68. The van der Waals surface area contributed by atoms with Crippen LogP contribution in [0.5, 0.6) is 0 Å². The van der Waals surface area contributed by atoms with Gasteiger partial charge in [0, 0.05) is 24.1 Å². The molecule has 1 heterocycles. The fourth-order valence-electron chi connectivity index (χ4n) is 2.45. The van der Waals surface area contributed by atoms with Crippen molar-refractivity contribution in [3.8, 4) is 6.07 Å². The molecule has 0 aliphatic carbocycles. The Hall–Kier alpha value is -3.72. The van der Waals surface area contributed by atoms with Gasteiger partial charge in [-0.15, -0.1) is 0 Å². The maximum absolute atomic E-state index is 12.6. The van der Waals surface area contributed by atoms with E-state index in [1.807, 2.05) is 55.3 Å². The van der Waals surface area contributed by atoms with Crippen molar-refractivity contribution < 1.29 is 4.79 Å². The van der Waals surface area contributed by atoms with Crippen molar-refractivity contribution in [2.24, 2.45) is 0 Å². The highest BCUT2D eigenvalue weighted by molar-refractivity contribution is 6.03. The number of nitriles is 1. The summed E-state index contributed by atoms with van der Waals surface area (Å²) in [5.74, 6) is 0.0837. The molecular weight excluding hydrogens is 326 g/mol. The minimum absolute atomic E-state index is 0.262. The van der Waals surface area contributed by atoms with E-state index >= 15 is 0 Å². The molecule has 3 rings (SSSR count). The molecule has 1 aromatic heterocycles. The third-order valence-corrected chi connectivity index (χ3v) is 3.77. The number of rotatable bonds is 4. The van der Waals surface area contributed by atoms with Gasteiger partial charge >= 0.3 is 0 Å². The minimum Gasteiger partial charge on any atom is -0.321 e. The van der Waals surface area contributed by atoms with Gasteiger partial charge in [-0.1, -0.05) is 24.3 Å². The smallest absolute Gasteiger partial charge is 0.274 e. The first-order valence-corrected chi connectivity index (χ1v) is 8.03. The highest BCUT2D eigenvalue weighted by Gasteiger charge is 2.14. The quantitative estimate of drug-likeness (QED) is 0.781. The number of benzene rings is 2. The Bertz CT molecular complexity index is 979. The average Bonchev–Trinajstić information content (AvgIpc) is 2.67. The van der Waals surface area contributed by atoms with E-state index in [-0.39, 0.29) is 11.6 Å². The third kappa shape index (κ3) is 3.84. The van der Waals surface area contributed by atoms with Crippen LogP contribution < -0.4 is 10.2 Å². The molecule has 0 saturated heterocycles. The first kappa shape index (κ1) is 17.1. The number of hydrogen-bond acceptors (Lipinski definition) is 5. The topological polar surface area (TPSA) is 81.9 Å². The zero-order valence-corrected chi connectivity index (χ0v) is 14.5. The minimum atomic E-state index is -0.353. The van der Waals surface area contributed by atoms with Crippen LogP contribution in [0.1, 0.15) is 21.7 Å². The molecule has 0 aliphatic rings. The molecule has 6 heteroatoms. The molecule has 0 aliphatic heterocycles. The summed E-state index contributed by atoms with van der Waals surface area (Å²) in [6, 6.07) is 20.1. The Kier molecular flexibility index (Phi) is 4.90. The van der Waals surface area contributed by atoms with Crippen molar-refractivity contribution in [3.63, 3.8) is 0 Å². The van der Waals surface area contributed by atoms with Crippen molar-refractivity contribution in [1.29, 1.82) is 5.26 Å². The molecule has 0 saturated carbocycles. The number of carbonyl (C=O) groups excluding carboxylic acids is 1. The number of aryl methyl sites for hydroxylation is 1. The van der Waals surface area contributed by atoms with Gasteiger partial charge < -0.3 is 10.2 Å². The van der Waals surface area contributed by atoms with Crippen LogP contribution in [0.4, 0.5) is 17.3 Å². The molecule has 128 valence electrons. The summed E-state index contributed by atoms with van der Waals surface area (Å²) >= 11 is 0. The number of amides is 1. The summed E-state index contributed by atoms with van der Waals surface area (Å²) < 4.78 is 0.